The topological polar surface area (TPSA) is 86.3 Å². The van der Waals surface area contributed by atoms with Gasteiger partial charge in [0.25, 0.3) is 5.91 Å². The molecule has 6 nitrogen and oxygen atoms in total. The average molecular weight is 287 g/mol. The molecule has 2 heterocycles. The largest absolute Gasteiger partial charge is 0.480 e. The van der Waals surface area contributed by atoms with Crippen molar-refractivity contribution in [1.29, 1.82) is 0 Å². The van der Waals surface area contributed by atoms with Gasteiger partial charge < -0.3 is 15.0 Å². The highest BCUT2D eigenvalue weighted by molar-refractivity contribution is 5.99. The lowest BCUT2D eigenvalue weighted by molar-refractivity contribution is -0.144. The number of hydrogen-bond acceptors (Lipinski definition) is 3. The normalized spacial score (nSPS) is 22.4. The van der Waals surface area contributed by atoms with Crippen molar-refractivity contribution in [2.45, 2.75) is 25.8 Å². The molecule has 1 aromatic carbocycles. The maximum absolute atomic E-state index is 12.6. The van der Waals surface area contributed by atoms with Crippen LogP contribution < -0.4 is 0 Å². The number of benzene rings is 1. The monoisotopic (exact) mass is 287 g/mol. The molecule has 1 aliphatic heterocycles. The lowest BCUT2D eigenvalue weighted by Gasteiger charge is -2.36. The summed E-state index contributed by atoms with van der Waals surface area (Å²) in [5, 5.41) is 9.35. The maximum Gasteiger partial charge on any atom is 0.326 e. The van der Waals surface area contributed by atoms with Crippen LogP contribution in [0.3, 0.4) is 0 Å². The van der Waals surface area contributed by atoms with E-state index < -0.39 is 12.0 Å². The van der Waals surface area contributed by atoms with E-state index in [0.717, 1.165) is 17.5 Å². The van der Waals surface area contributed by atoms with Crippen LogP contribution in [0.15, 0.2) is 24.5 Å². The minimum absolute atomic E-state index is 0.231. The molecular weight excluding hydrogens is 270 g/mol. The minimum atomic E-state index is -0.933. The van der Waals surface area contributed by atoms with Gasteiger partial charge in [-0.3, -0.25) is 4.79 Å². The number of hydrogen-bond donors (Lipinski definition) is 2. The van der Waals surface area contributed by atoms with E-state index in [-0.39, 0.29) is 5.91 Å². The molecule has 2 N–H and O–H groups in total. The van der Waals surface area contributed by atoms with E-state index in [9.17, 15) is 14.7 Å². The Bertz CT molecular complexity index is 694. The molecule has 2 atom stereocenters. The Morgan fingerprint density at radius 1 is 1.43 bits per heavy atom. The zero-order valence-electron chi connectivity index (χ0n) is 11.7. The van der Waals surface area contributed by atoms with Crippen LogP contribution in [0.25, 0.3) is 11.0 Å². The van der Waals surface area contributed by atoms with E-state index in [1.807, 2.05) is 6.92 Å². The van der Waals surface area contributed by atoms with Crippen molar-refractivity contribution >= 4 is 22.9 Å². The van der Waals surface area contributed by atoms with Crippen LogP contribution in [0.4, 0.5) is 0 Å². The lowest BCUT2D eigenvalue weighted by Crippen LogP contribution is -2.49. The second-order valence-corrected chi connectivity index (χ2v) is 5.62. The van der Waals surface area contributed by atoms with Crippen molar-refractivity contribution in [2.75, 3.05) is 6.54 Å². The molecule has 1 amide bonds. The molecule has 21 heavy (non-hydrogen) atoms. The van der Waals surface area contributed by atoms with Gasteiger partial charge in [-0.05, 0) is 37.0 Å². The first-order chi connectivity index (χ1) is 10.1. The van der Waals surface area contributed by atoms with Crippen molar-refractivity contribution in [2.24, 2.45) is 5.92 Å². The molecule has 110 valence electrons. The molecule has 6 heteroatoms. The number of aromatic amines is 1. The van der Waals surface area contributed by atoms with Crippen molar-refractivity contribution in [3.05, 3.63) is 30.1 Å². The number of nitrogens with one attached hydrogen (secondary N) is 1. The number of piperidine rings is 1. The molecular formula is C15H17N3O3. The number of rotatable bonds is 2. The van der Waals surface area contributed by atoms with Crippen molar-refractivity contribution in [3.8, 4) is 0 Å². The van der Waals surface area contributed by atoms with E-state index in [0.29, 0.717) is 24.4 Å². The summed E-state index contributed by atoms with van der Waals surface area (Å²) in [5.74, 6) is -0.839. The van der Waals surface area contributed by atoms with Gasteiger partial charge in [0, 0.05) is 12.1 Å². The summed E-state index contributed by atoms with van der Waals surface area (Å²) in [6.07, 6.45) is 2.91. The third-order valence-electron chi connectivity index (χ3n) is 4.08. The number of carboxylic acids is 1. The van der Waals surface area contributed by atoms with E-state index in [1.54, 1.807) is 24.5 Å². The van der Waals surface area contributed by atoms with Gasteiger partial charge >= 0.3 is 5.97 Å². The number of fused-ring (bicyclic) bond motifs is 1. The fourth-order valence-electron chi connectivity index (χ4n) is 2.85. The summed E-state index contributed by atoms with van der Waals surface area (Å²) < 4.78 is 0. The van der Waals surface area contributed by atoms with Gasteiger partial charge in [-0.1, -0.05) is 6.92 Å². The molecule has 0 spiro atoms. The second-order valence-electron chi connectivity index (χ2n) is 5.62. The fourth-order valence-corrected chi connectivity index (χ4v) is 2.85. The first-order valence-electron chi connectivity index (χ1n) is 7.03. The van der Waals surface area contributed by atoms with E-state index in [4.69, 9.17) is 0 Å². The number of aromatic nitrogens is 2. The molecule has 0 aliphatic carbocycles. The molecule has 2 unspecified atom stereocenters. The highest BCUT2D eigenvalue weighted by Gasteiger charge is 2.35. The average Bonchev–Trinajstić information content (AvgIpc) is 2.93. The molecule has 0 radical (unpaired) electrons. The van der Waals surface area contributed by atoms with Crippen LogP contribution in [0.2, 0.25) is 0 Å². The Morgan fingerprint density at radius 2 is 2.24 bits per heavy atom. The van der Waals surface area contributed by atoms with Crippen LogP contribution in [-0.2, 0) is 4.79 Å². The standard InChI is InChI=1S/C15H17N3O3/c1-9-4-5-18(13(6-9)15(20)21)14(19)10-2-3-11-12(7-10)17-8-16-11/h2-3,7-9,13H,4-6H2,1H3,(H,16,17)(H,20,21). The summed E-state index contributed by atoms with van der Waals surface area (Å²) in [7, 11) is 0. The van der Waals surface area contributed by atoms with Gasteiger partial charge in [-0.2, -0.15) is 0 Å². The molecule has 1 saturated heterocycles. The Morgan fingerprint density at radius 3 is 3.00 bits per heavy atom. The van der Waals surface area contributed by atoms with Crippen LogP contribution in [0.1, 0.15) is 30.1 Å². The van der Waals surface area contributed by atoms with E-state index in [2.05, 4.69) is 9.97 Å². The number of aliphatic carboxylic acids is 1. The first kappa shape index (κ1) is 13.6. The highest BCUT2D eigenvalue weighted by atomic mass is 16.4. The summed E-state index contributed by atoms with van der Waals surface area (Å²) in [5.41, 5.74) is 2.05. The maximum atomic E-state index is 12.6. The summed E-state index contributed by atoms with van der Waals surface area (Å²) in [4.78, 5) is 32.6. The third kappa shape index (κ3) is 2.49. The second kappa shape index (κ2) is 5.20. The third-order valence-corrected chi connectivity index (χ3v) is 4.08. The van der Waals surface area contributed by atoms with Gasteiger partial charge in [0.15, 0.2) is 0 Å². The molecule has 0 saturated carbocycles. The number of nitrogens with zero attached hydrogens (tertiary/aromatic N) is 2. The number of carboxylic acid groups (broad SMARTS) is 1. The van der Waals surface area contributed by atoms with Crippen LogP contribution in [0, 0.1) is 5.92 Å². The molecule has 0 bridgehead atoms. The van der Waals surface area contributed by atoms with Gasteiger partial charge in [0.05, 0.1) is 17.4 Å². The van der Waals surface area contributed by atoms with Gasteiger partial charge in [0.2, 0.25) is 0 Å². The molecule has 1 aromatic heterocycles. The zero-order chi connectivity index (χ0) is 15.0. The smallest absolute Gasteiger partial charge is 0.326 e. The number of likely N-dealkylation sites (tertiary alicyclic amines) is 1. The Labute approximate surface area is 121 Å². The predicted molar refractivity (Wildman–Crippen MR) is 77.0 cm³/mol. The molecule has 1 aliphatic rings. The molecule has 2 aromatic rings. The van der Waals surface area contributed by atoms with Crippen molar-refractivity contribution < 1.29 is 14.7 Å². The van der Waals surface area contributed by atoms with Crippen molar-refractivity contribution in [1.82, 2.24) is 14.9 Å². The quantitative estimate of drug-likeness (QED) is 0.883. The highest BCUT2D eigenvalue weighted by Crippen LogP contribution is 2.25. The van der Waals surface area contributed by atoms with Crippen LogP contribution in [0.5, 0.6) is 0 Å². The predicted octanol–water partition coefficient (Wildman–Crippen LogP) is 1.89. The Kier molecular flexibility index (Phi) is 3.37. The molecule has 1 fully saturated rings. The van der Waals surface area contributed by atoms with Gasteiger partial charge in [-0.15, -0.1) is 0 Å². The number of H-pyrrole nitrogens is 1. The van der Waals surface area contributed by atoms with Crippen molar-refractivity contribution in [3.63, 3.8) is 0 Å². The van der Waals surface area contributed by atoms with Crippen LogP contribution >= 0.6 is 0 Å². The van der Waals surface area contributed by atoms with Gasteiger partial charge in [0.1, 0.15) is 6.04 Å². The summed E-state index contributed by atoms with van der Waals surface area (Å²) >= 11 is 0. The Hall–Kier alpha value is -2.37. The number of carbonyl (C=O) groups is 2. The Balaban J connectivity index is 1.90. The zero-order valence-corrected chi connectivity index (χ0v) is 11.7. The van der Waals surface area contributed by atoms with Gasteiger partial charge in [-0.25, -0.2) is 9.78 Å². The summed E-state index contributed by atoms with van der Waals surface area (Å²) in [6.45, 7) is 2.51. The minimum Gasteiger partial charge on any atom is -0.480 e. The first-order valence-corrected chi connectivity index (χ1v) is 7.03. The van der Waals surface area contributed by atoms with E-state index in [1.165, 1.54) is 4.90 Å². The lowest BCUT2D eigenvalue weighted by atomic mass is 9.92. The number of amides is 1. The van der Waals surface area contributed by atoms with Crippen LogP contribution in [-0.4, -0.2) is 44.4 Å². The summed E-state index contributed by atoms with van der Waals surface area (Å²) in [6, 6.07) is 4.45. The SMILES string of the molecule is CC1CCN(C(=O)c2ccc3nc[nH]c3c2)C(C(=O)O)C1. The number of carbonyl (C=O) groups excluding carboxylic acids is 1. The van der Waals surface area contributed by atoms with E-state index >= 15 is 0 Å². The molecule has 3 rings (SSSR count). The fraction of sp³-hybridized carbons (Fsp3) is 0.400. The number of imidazole rings is 1.